The maximum Gasteiger partial charge on any atom is 0.279 e. The normalized spacial score (nSPS) is 11.6. The minimum atomic E-state index is -0.0882. The molecule has 0 saturated heterocycles. The molecule has 0 aliphatic rings. The van der Waals surface area contributed by atoms with Crippen LogP contribution in [0.1, 0.15) is 33.1 Å². The smallest absolute Gasteiger partial charge is 0.279 e. The largest absolute Gasteiger partial charge is 0.345 e. The van der Waals surface area contributed by atoms with Gasteiger partial charge in [0.15, 0.2) is 6.54 Å². The molecule has 0 aliphatic heterocycles. The molecule has 3 N–H and O–H groups in total. The summed E-state index contributed by atoms with van der Waals surface area (Å²) < 4.78 is 0. The van der Waals surface area contributed by atoms with Crippen LogP contribution in [0, 0.1) is 6.92 Å². The Hall–Kier alpha value is -3.44. The molecule has 3 rings (SSSR count). The van der Waals surface area contributed by atoms with Crippen molar-refractivity contribution in [2.24, 2.45) is 0 Å². The van der Waals surface area contributed by atoms with Gasteiger partial charge in [-0.05, 0) is 31.2 Å². The average Bonchev–Trinajstić information content (AvgIpc) is 2.76. The van der Waals surface area contributed by atoms with Gasteiger partial charge in [0.05, 0.1) is 0 Å². The molecule has 30 heavy (non-hydrogen) atoms. The lowest BCUT2D eigenvalue weighted by atomic mass is 9.98. The molecule has 5 nitrogen and oxygen atoms in total. The molecule has 2 amide bonds. The highest BCUT2D eigenvalue weighted by Crippen LogP contribution is 2.18. The zero-order valence-corrected chi connectivity index (χ0v) is 17.6. The van der Waals surface area contributed by atoms with Crippen molar-refractivity contribution >= 4 is 17.5 Å². The predicted molar refractivity (Wildman–Crippen MR) is 119 cm³/mol. The number of rotatable bonds is 7. The number of nitrogens with two attached hydrogens (primary N) is 1. The van der Waals surface area contributed by atoms with E-state index in [-0.39, 0.29) is 24.4 Å². The van der Waals surface area contributed by atoms with Crippen molar-refractivity contribution in [3.05, 3.63) is 101 Å². The molecule has 3 aromatic rings. The summed E-state index contributed by atoms with van der Waals surface area (Å²) in [5.41, 5.74) is 4.79. The zero-order valence-electron chi connectivity index (χ0n) is 17.6. The summed E-state index contributed by atoms with van der Waals surface area (Å²) in [4.78, 5) is 26.0. The first-order chi connectivity index (χ1) is 14.4. The third-order valence-corrected chi connectivity index (χ3v) is 4.96. The van der Waals surface area contributed by atoms with E-state index in [1.165, 1.54) is 10.5 Å². The summed E-state index contributed by atoms with van der Waals surface area (Å²) >= 11 is 0. The molecule has 0 aromatic heterocycles. The number of quaternary nitrogens is 1. The fraction of sp³-hybridized carbons (Fsp3) is 0.200. The first-order valence-electron chi connectivity index (χ1n) is 10.0. The van der Waals surface area contributed by atoms with Crippen molar-refractivity contribution in [1.82, 2.24) is 4.90 Å². The fourth-order valence-electron chi connectivity index (χ4n) is 3.29. The lowest BCUT2D eigenvalue weighted by molar-refractivity contribution is -0.676. The molecule has 0 aliphatic carbocycles. The Morgan fingerprint density at radius 1 is 0.867 bits per heavy atom. The third-order valence-electron chi connectivity index (χ3n) is 4.96. The molecular formula is C25H28N3O2+. The quantitative estimate of drug-likeness (QED) is 0.638. The van der Waals surface area contributed by atoms with E-state index >= 15 is 0 Å². The molecule has 0 spiro atoms. The van der Waals surface area contributed by atoms with E-state index < -0.39 is 0 Å². The molecule has 0 unspecified atom stereocenters. The number of aryl methyl sites for hydroxylation is 1. The highest BCUT2D eigenvalue weighted by atomic mass is 16.2. The summed E-state index contributed by atoms with van der Waals surface area (Å²) in [6.45, 7) is 2.35. The minimum Gasteiger partial charge on any atom is -0.345 e. The fourth-order valence-corrected chi connectivity index (χ4v) is 3.29. The Morgan fingerprint density at radius 2 is 1.47 bits per heavy atom. The van der Waals surface area contributed by atoms with E-state index in [0.29, 0.717) is 11.3 Å². The lowest BCUT2D eigenvalue weighted by Gasteiger charge is -2.17. The first kappa shape index (κ1) is 21.3. The Bertz CT molecular complexity index is 981. The van der Waals surface area contributed by atoms with Gasteiger partial charge in [0, 0.05) is 36.5 Å². The van der Waals surface area contributed by atoms with E-state index in [4.69, 9.17) is 0 Å². The molecule has 0 fully saturated rings. The number of carbonyl (C=O) groups is 2. The van der Waals surface area contributed by atoms with Crippen LogP contribution in [-0.2, 0) is 4.79 Å². The number of carbonyl (C=O) groups excluding carboxylic acids is 2. The van der Waals surface area contributed by atoms with Crippen LogP contribution in [0.15, 0.2) is 78.9 Å². The van der Waals surface area contributed by atoms with Gasteiger partial charge in [-0.1, -0.05) is 60.2 Å². The van der Waals surface area contributed by atoms with E-state index in [0.717, 1.165) is 11.1 Å². The molecule has 154 valence electrons. The van der Waals surface area contributed by atoms with E-state index in [9.17, 15) is 9.59 Å². The highest BCUT2D eigenvalue weighted by molar-refractivity contribution is 5.95. The maximum atomic E-state index is 12.5. The van der Waals surface area contributed by atoms with E-state index in [2.05, 4.69) is 48.6 Å². The third kappa shape index (κ3) is 5.55. The van der Waals surface area contributed by atoms with Crippen molar-refractivity contribution in [2.45, 2.75) is 13.0 Å². The van der Waals surface area contributed by atoms with Gasteiger partial charge in [-0.15, -0.1) is 0 Å². The number of nitrogens with one attached hydrogen (secondary N) is 1. The molecule has 0 bridgehead atoms. The van der Waals surface area contributed by atoms with Crippen molar-refractivity contribution < 1.29 is 14.9 Å². The van der Waals surface area contributed by atoms with Crippen LogP contribution in [0.2, 0.25) is 0 Å². The number of benzene rings is 3. The van der Waals surface area contributed by atoms with E-state index in [1.807, 2.05) is 23.5 Å². The van der Waals surface area contributed by atoms with Gasteiger partial charge in [-0.2, -0.15) is 0 Å². The van der Waals surface area contributed by atoms with Crippen LogP contribution < -0.4 is 10.6 Å². The van der Waals surface area contributed by atoms with Gasteiger partial charge in [0.25, 0.3) is 11.8 Å². The number of hydrogen-bond acceptors (Lipinski definition) is 2. The Kier molecular flexibility index (Phi) is 6.99. The van der Waals surface area contributed by atoms with Gasteiger partial charge in [-0.3, -0.25) is 9.59 Å². The van der Waals surface area contributed by atoms with Gasteiger partial charge < -0.3 is 15.5 Å². The molecule has 1 atom stereocenters. The molecule has 0 radical (unpaired) electrons. The van der Waals surface area contributed by atoms with Crippen molar-refractivity contribution in [1.29, 1.82) is 0 Å². The molecule has 0 heterocycles. The second-order valence-corrected chi connectivity index (χ2v) is 7.56. The lowest BCUT2D eigenvalue weighted by Crippen LogP contribution is -2.87. The minimum absolute atomic E-state index is 0.0395. The standard InChI is InChI=1S/C25H27N3O2/c1-18-9-11-20(12-10-18)24(19-7-5-4-6-8-19)26-17-23(29)27-22-15-13-21(14-16-22)25(30)28(2)3/h4-16,24,26H,17H2,1-3H3,(H,27,29)/p+1/t24-/m0/s1. The molecular weight excluding hydrogens is 374 g/mol. The number of nitrogens with zero attached hydrogens (tertiary/aromatic N) is 1. The Morgan fingerprint density at radius 3 is 2.07 bits per heavy atom. The monoisotopic (exact) mass is 402 g/mol. The summed E-state index contributed by atoms with van der Waals surface area (Å²) in [7, 11) is 3.43. The highest BCUT2D eigenvalue weighted by Gasteiger charge is 2.19. The number of amides is 2. The van der Waals surface area contributed by atoms with Crippen molar-refractivity contribution in [3.8, 4) is 0 Å². The van der Waals surface area contributed by atoms with Crippen LogP contribution in [-0.4, -0.2) is 37.4 Å². The van der Waals surface area contributed by atoms with Crippen LogP contribution in [0.25, 0.3) is 0 Å². The topological polar surface area (TPSA) is 66.0 Å². The van der Waals surface area contributed by atoms with Gasteiger partial charge >= 0.3 is 0 Å². The van der Waals surface area contributed by atoms with Crippen LogP contribution in [0.3, 0.4) is 0 Å². The molecule has 5 heteroatoms. The van der Waals surface area contributed by atoms with E-state index in [1.54, 1.807) is 38.4 Å². The van der Waals surface area contributed by atoms with Gasteiger partial charge in [0.1, 0.15) is 6.04 Å². The average molecular weight is 403 g/mol. The first-order valence-corrected chi connectivity index (χ1v) is 10.0. The molecule has 0 saturated carbocycles. The summed E-state index contributed by atoms with van der Waals surface area (Å²) in [5, 5.41) is 4.95. The second-order valence-electron chi connectivity index (χ2n) is 7.56. The van der Waals surface area contributed by atoms with Crippen molar-refractivity contribution in [3.63, 3.8) is 0 Å². The molecule has 3 aromatic carbocycles. The Labute approximate surface area is 177 Å². The van der Waals surface area contributed by atoms with Crippen LogP contribution in [0.5, 0.6) is 0 Å². The summed E-state index contributed by atoms with van der Waals surface area (Å²) in [6.07, 6.45) is 0. The van der Waals surface area contributed by atoms with Gasteiger partial charge in [-0.25, -0.2) is 0 Å². The van der Waals surface area contributed by atoms with Crippen LogP contribution in [0.4, 0.5) is 5.69 Å². The Balaban J connectivity index is 1.66. The predicted octanol–water partition coefficient (Wildman–Crippen LogP) is 2.99. The van der Waals surface area contributed by atoms with Crippen LogP contribution >= 0.6 is 0 Å². The number of hydrogen-bond donors (Lipinski definition) is 2. The SMILES string of the molecule is Cc1ccc([C@@H]([NH2+]CC(=O)Nc2ccc(C(=O)N(C)C)cc2)c2ccccc2)cc1. The second kappa shape index (κ2) is 9.85. The summed E-state index contributed by atoms with van der Waals surface area (Å²) in [5.74, 6) is -0.153. The number of anilines is 1. The van der Waals surface area contributed by atoms with Crippen molar-refractivity contribution in [2.75, 3.05) is 26.0 Å². The maximum absolute atomic E-state index is 12.5. The summed E-state index contributed by atoms with van der Waals surface area (Å²) in [6, 6.07) is 25.6. The zero-order chi connectivity index (χ0) is 21.5. The van der Waals surface area contributed by atoms with Gasteiger partial charge in [0.2, 0.25) is 0 Å².